The van der Waals surface area contributed by atoms with E-state index in [1.807, 2.05) is 0 Å². The minimum Gasteiger partial charge on any atom is -0.477 e. The van der Waals surface area contributed by atoms with Gasteiger partial charge in [-0.05, 0) is 24.8 Å². The molecule has 4 nitrogen and oxygen atoms in total. The van der Waals surface area contributed by atoms with Crippen molar-refractivity contribution in [2.75, 3.05) is 12.0 Å². The van der Waals surface area contributed by atoms with Gasteiger partial charge in [0, 0.05) is 6.07 Å². The quantitative estimate of drug-likeness (QED) is 0.655. The van der Waals surface area contributed by atoms with Gasteiger partial charge in [0.1, 0.15) is 5.82 Å². The molecule has 0 aromatic carbocycles. The number of nitrogens with two attached hydrogens (primary N) is 1. The fraction of sp³-hybridized carbons (Fsp3) is 0.583. The Kier molecular flexibility index (Phi) is 4.14. The molecule has 1 saturated carbocycles. The number of halogens is 3. The highest BCUT2D eigenvalue weighted by Crippen LogP contribution is 2.33. The molecule has 0 atom stereocenters. The highest BCUT2D eigenvalue weighted by Gasteiger charge is 2.32. The average Bonchev–Trinajstić information content (AvgIpc) is 2.88. The Bertz CT molecular complexity index is 431. The molecule has 0 radical (unpaired) electrons. The predicted octanol–water partition coefficient (Wildman–Crippen LogP) is 2.96. The van der Waals surface area contributed by atoms with Crippen LogP contribution in [0, 0.1) is 5.92 Å². The lowest BCUT2D eigenvalue weighted by Gasteiger charge is -2.14. The highest BCUT2D eigenvalue weighted by atomic mass is 19.4. The van der Waals surface area contributed by atoms with E-state index < -0.39 is 11.7 Å². The van der Waals surface area contributed by atoms with Crippen LogP contribution in [0.1, 0.15) is 31.2 Å². The molecule has 106 valence electrons. The first-order chi connectivity index (χ1) is 8.99. The molecule has 1 aromatic rings. The Morgan fingerprint density at radius 1 is 1.32 bits per heavy atom. The third-order valence-corrected chi connectivity index (χ3v) is 3.22. The fourth-order valence-corrected chi connectivity index (χ4v) is 2.20. The number of nitrogens with one attached hydrogen (secondary N) is 1. The van der Waals surface area contributed by atoms with E-state index in [9.17, 15) is 13.2 Å². The van der Waals surface area contributed by atoms with Gasteiger partial charge in [-0.3, -0.25) is 0 Å². The Balaban J connectivity index is 2.10. The molecule has 0 unspecified atom stereocenters. The summed E-state index contributed by atoms with van der Waals surface area (Å²) >= 11 is 0. The Morgan fingerprint density at radius 2 is 2.00 bits per heavy atom. The highest BCUT2D eigenvalue weighted by molar-refractivity contribution is 5.41. The van der Waals surface area contributed by atoms with E-state index in [0.29, 0.717) is 12.5 Å². The second-order valence-electron chi connectivity index (χ2n) is 4.68. The van der Waals surface area contributed by atoms with Crippen LogP contribution in [0.3, 0.4) is 0 Å². The zero-order chi connectivity index (χ0) is 13.9. The van der Waals surface area contributed by atoms with Crippen molar-refractivity contribution in [2.24, 2.45) is 11.8 Å². The van der Waals surface area contributed by atoms with Gasteiger partial charge in [0.25, 0.3) is 0 Å². The summed E-state index contributed by atoms with van der Waals surface area (Å²) in [6, 6.07) is 1.75. The number of alkyl halides is 3. The van der Waals surface area contributed by atoms with Gasteiger partial charge < -0.3 is 10.2 Å². The van der Waals surface area contributed by atoms with Crippen LogP contribution in [0.5, 0.6) is 5.88 Å². The van der Waals surface area contributed by atoms with Gasteiger partial charge in [-0.2, -0.15) is 18.2 Å². The standard InChI is InChI=1S/C12H16F3N3O/c13-12(14,15)9-5-10(18-16)17-11(6-9)19-7-8-3-1-2-4-8/h5-6,8H,1-4,7,16H2,(H,17,18). The van der Waals surface area contributed by atoms with E-state index in [2.05, 4.69) is 10.4 Å². The zero-order valence-electron chi connectivity index (χ0n) is 10.3. The van der Waals surface area contributed by atoms with Crippen molar-refractivity contribution < 1.29 is 17.9 Å². The first-order valence-electron chi connectivity index (χ1n) is 6.18. The van der Waals surface area contributed by atoms with E-state index >= 15 is 0 Å². The summed E-state index contributed by atoms with van der Waals surface area (Å²) in [5, 5.41) is 0. The Labute approximate surface area is 109 Å². The van der Waals surface area contributed by atoms with Crippen molar-refractivity contribution in [3.05, 3.63) is 17.7 Å². The Morgan fingerprint density at radius 3 is 2.58 bits per heavy atom. The van der Waals surface area contributed by atoms with Crippen molar-refractivity contribution in [1.82, 2.24) is 4.98 Å². The molecule has 1 aromatic heterocycles. The second kappa shape index (κ2) is 5.64. The molecule has 0 saturated heterocycles. The maximum Gasteiger partial charge on any atom is 0.416 e. The summed E-state index contributed by atoms with van der Waals surface area (Å²) in [7, 11) is 0. The van der Waals surface area contributed by atoms with E-state index in [1.54, 1.807) is 0 Å². The van der Waals surface area contributed by atoms with Crippen molar-refractivity contribution >= 4 is 5.82 Å². The minimum atomic E-state index is -4.44. The van der Waals surface area contributed by atoms with Crippen LogP contribution in [0.25, 0.3) is 0 Å². The second-order valence-corrected chi connectivity index (χ2v) is 4.68. The maximum atomic E-state index is 12.7. The number of hydrogen-bond donors (Lipinski definition) is 2. The molecule has 3 N–H and O–H groups in total. The minimum absolute atomic E-state index is 0.0466. The zero-order valence-corrected chi connectivity index (χ0v) is 10.3. The smallest absolute Gasteiger partial charge is 0.416 e. The largest absolute Gasteiger partial charge is 0.477 e. The van der Waals surface area contributed by atoms with E-state index in [0.717, 1.165) is 37.8 Å². The summed E-state index contributed by atoms with van der Waals surface area (Å²) in [6.45, 7) is 0.401. The van der Waals surface area contributed by atoms with Crippen LogP contribution in [-0.4, -0.2) is 11.6 Å². The van der Waals surface area contributed by atoms with Crippen LogP contribution in [0.15, 0.2) is 12.1 Å². The monoisotopic (exact) mass is 275 g/mol. The van der Waals surface area contributed by atoms with Gasteiger partial charge in [-0.15, -0.1) is 0 Å². The van der Waals surface area contributed by atoms with Crippen LogP contribution in [0.4, 0.5) is 19.0 Å². The average molecular weight is 275 g/mol. The summed E-state index contributed by atoms with van der Waals surface area (Å²) in [5.74, 6) is 5.42. The molecule has 19 heavy (non-hydrogen) atoms. The lowest BCUT2D eigenvalue weighted by Crippen LogP contribution is -2.14. The first kappa shape index (κ1) is 13.9. The third-order valence-electron chi connectivity index (χ3n) is 3.22. The first-order valence-corrected chi connectivity index (χ1v) is 6.18. The fourth-order valence-electron chi connectivity index (χ4n) is 2.20. The third kappa shape index (κ3) is 3.73. The van der Waals surface area contributed by atoms with E-state index in [4.69, 9.17) is 10.6 Å². The van der Waals surface area contributed by atoms with Crippen molar-refractivity contribution in [3.8, 4) is 5.88 Å². The molecule has 0 amide bonds. The molecule has 0 spiro atoms. The van der Waals surface area contributed by atoms with Gasteiger partial charge in [0.05, 0.1) is 12.2 Å². The number of rotatable bonds is 4. The van der Waals surface area contributed by atoms with Crippen molar-refractivity contribution in [2.45, 2.75) is 31.9 Å². The van der Waals surface area contributed by atoms with Gasteiger partial charge in [-0.25, -0.2) is 5.84 Å². The number of pyridine rings is 1. The number of nitrogens with zero attached hydrogens (tertiary/aromatic N) is 1. The lowest BCUT2D eigenvalue weighted by molar-refractivity contribution is -0.137. The summed E-state index contributed by atoms with van der Waals surface area (Å²) < 4.78 is 43.4. The Hall–Kier alpha value is -1.50. The number of nitrogen functional groups attached to an aromatic ring is 1. The SMILES string of the molecule is NNc1cc(C(F)(F)F)cc(OCC2CCCC2)n1. The van der Waals surface area contributed by atoms with Crippen LogP contribution < -0.4 is 16.0 Å². The number of hydrogen-bond acceptors (Lipinski definition) is 4. The number of anilines is 1. The molecule has 1 fully saturated rings. The number of aromatic nitrogens is 1. The summed E-state index contributed by atoms with van der Waals surface area (Å²) in [4.78, 5) is 3.87. The molecule has 0 bridgehead atoms. The maximum absolute atomic E-state index is 12.7. The van der Waals surface area contributed by atoms with Crippen molar-refractivity contribution in [1.29, 1.82) is 0 Å². The topological polar surface area (TPSA) is 60.2 Å². The predicted molar refractivity (Wildman–Crippen MR) is 64.5 cm³/mol. The molecular formula is C12H16F3N3O. The summed E-state index contributed by atoms with van der Waals surface area (Å²) in [5.41, 5.74) is 1.29. The molecule has 0 aliphatic heterocycles. The molecule has 7 heteroatoms. The van der Waals surface area contributed by atoms with Crippen LogP contribution in [0.2, 0.25) is 0 Å². The van der Waals surface area contributed by atoms with Gasteiger partial charge in [-0.1, -0.05) is 12.8 Å². The molecule has 2 rings (SSSR count). The number of hydrazine groups is 1. The lowest BCUT2D eigenvalue weighted by atomic mass is 10.1. The normalized spacial score (nSPS) is 16.6. The summed E-state index contributed by atoms with van der Waals surface area (Å²) in [6.07, 6.45) is -0.0266. The van der Waals surface area contributed by atoms with Gasteiger partial charge >= 0.3 is 6.18 Å². The van der Waals surface area contributed by atoms with E-state index in [1.165, 1.54) is 0 Å². The van der Waals surface area contributed by atoms with E-state index in [-0.39, 0.29) is 11.7 Å². The molecule has 1 aliphatic rings. The molecule has 1 aliphatic carbocycles. The van der Waals surface area contributed by atoms with Crippen LogP contribution in [-0.2, 0) is 6.18 Å². The number of ether oxygens (including phenoxy) is 1. The van der Waals surface area contributed by atoms with Gasteiger partial charge in [0.15, 0.2) is 0 Å². The van der Waals surface area contributed by atoms with Crippen LogP contribution >= 0.6 is 0 Å². The van der Waals surface area contributed by atoms with Gasteiger partial charge in [0.2, 0.25) is 5.88 Å². The molecular weight excluding hydrogens is 259 g/mol. The van der Waals surface area contributed by atoms with Crippen molar-refractivity contribution in [3.63, 3.8) is 0 Å². The molecule has 1 heterocycles.